The van der Waals surface area contributed by atoms with Crippen molar-refractivity contribution in [3.05, 3.63) is 70.0 Å². The molecule has 0 fully saturated rings. The van der Waals surface area contributed by atoms with Crippen molar-refractivity contribution in [3.8, 4) is 0 Å². The summed E-state index contributed by atoms with van der Waals surface area (Å²) in [6, 6.07) is 10.9. The third kappa shape index (κ3) is 2.67. The molecule has 0 spiro atoms. The van der Waals surface area contributed by atoms with Gasteiger partial charge < -0.3 is 0 Å². The minimum atomic E-state index is -0.333. The Morgan fingerprint density at radius 3 is 2.42 bits per heavy atom. The third-order valence-electron chi connectivity index (χ3n) is 3.59. The fourth-order valence-electron chi connectivity index (χ4n) is 2.30. The predicted octanol–water partition coefficient (Wildman–Crippen LogP) is 3.30. The Balaban J connectivity index is 2.53. The molecule has 0 radical (unpaired) electrons. The van der Waals surface area contributed by atoms with E-state index >= 15 is 0 Å². The van der Waals surface area contributed by atoms with Crippen LogP contribution in [0.2, 0.25) is 0 Å². The van der Waals surface area contributed by atoms with Gasteiger partial charge in [-0.15, -0.1) is 0 Å². The van der Waals surface area contributed by atoms with Crippen LogP contribution in [0.4, 0.5) is 4.39 Å². The highest BCUT2D eigenvalue weighted by Gasteiger charge is 2.18. The number of halogens is 1. The van der Waals surface area contributed by atoms with Crippen molar-refractivity contribution in [1.29, 1.82) is 0 Å². The van der Waals surface area contributed by atoms with Gasteiger partial charge in [0.1, 0.15) is 5.82 Å². The summed E-state index contributed by atoms with van der Waals surface area (Å²) in [7, 11) is 0. The van der Waals surface area contributed by atoms with E-state index in [4.69, 9.17) is 5.84 Å². The van der Waals surface area contributed by atoms with E-state index < -0.39 is 0 Å². The van der Waals surface area contributed by atoms with E-state index in [1.807, 2.05) is 45.0 Å². The summed E-state index contributed by atoms with van der Waals surface area (Å²) in [6.45, 7) is 5.94. The van der Waals surface area contributed by atoms with Crippen LogP contribution >= 0.6 is 0 Å². The van der Waals surface area contributed by atoms with Gasteiger partial charge >= 0.3 is 0 Å². The van der Waals surface area contributed by atoms with Crippen LogP contribution in [0.25, 0.3) is 0 Å². The highest BCUT2D eigenvalue weighted by molar-refractivity contribution is 5.41. The number of benzene rings is 2. The standard InChI is InChI=1S/C16H19FN2/c1-10-7-8-14(15(17)9-10)16(19-18)13-6-4-5-11(2)12(13)3/h4-9,16,19H,18H2,1-3H3. The van der Waals surface area contributed by atoms with E-state index in [1.54, 1.807) is 6.07 Å². The average molecular weight is 258 g/mol. The second kappa shape index (κ2) is 5.51. The molecule has 0 aromatic heterocycles. The van der Waals surface area contributed by atoms with Crippen molar-refractivity contribution in [2.24, 2.45) is 5.84 Å². The Morgan fingerprint density at radius 1 is 1.05 bits per heavy atom. The summed E-state index contributed by atoms with van der Waals surface area (Å²) in [5.74, 6) is 5.41. The lowest BCUT2D eigenvalue weighted by atomic mass is 9.92. The molecule has 19 heavy (non-hydrogen) atoms. The van der Waals surface area contributed by atoms with Crippen molar-refractivity contribution in [2.45, 2.75) is 26.8 Å². The fourth-order valence-corrected chi connectivity index (χ4v) is 2.30. The van der Waals surface area contributed by atoms with Crippen molar-refractivity contribution in [3.63, 3.8) is 0 Å². The largest absolute Gasteiger partial charge is 0.271 e. The first kappa shape index (κ1) is 13.7. The van der Waals surface area contributed by atoms with Gasteiger partial charge in [-0.3, -0.25) is 5.84 Å². The molecule has 0 aliphatic heterocycles. The van der Waals surface area contributed by atoms with Gasteiger partial charge in [-0.2, -0.15) is 0 Å². The van der Waals surface area contributed by atoms with E-state index in [0.29, 0.717) is 5.56 Å². The second-order valence-electron chi connectivity index (χ2n) is 4.91. The summed E-state index contributed by atoms with van der Waals surface area (Å²) in [5, 5.41) is 0. The molecule has 100 valence electrons. The van der Waals surface area contributed by atoms with Crippen molar-refractivity contribution in [1.82, 2.24) is 5.43 Å². The highest BCUT2D eigenvalue weighted by atomic mass is 19.1. The summed E-state index contributed by atoms with van der Waals surface area (Å²) >= 11 is 0. The quantitative estimate of drug-likeness (QED) is 0.655. The van der Waals surface area contributed by atoms with Gasteiger partial charge in [0, 0.05) is 5.56 Å². The first-order chi connectivity index (χ1) is 9.04. The van der Waals surface area contributed by atoms with Crippen LogP contribution in [0.15, 0.2) is 36.4 Å². The average Bonchev–Trinajstić information content (AvgIpc) is 2.37. The Kier molecular flexibility index (Phi) is 3.98. The Labute approximate surface area is 113 Å². The van der Waals surface area contributed by atoms with Crippen LogP contribution in [0, 0.1) is 26.6 Å². The molecular formula is C16H19FN2. The number of rotatable bonds is 3. The van der Waals surface area contributed by atoms with E-state index in [1.165, 1.54) is 11.6 Å². The van der Waals surface area contributed by atoms with E-state index in [9.17, 15) is 4.39 Å². The lowest BCUT2D eigenvalue weighted by Crippen LogP contribution is -2.30. The molecule has 2 nitrogen and oxygen atoms in total. The number of nitrogens with one attached hydrogen (secondary N) is 1. The highest BCUT2D eigenvalue weighted by Crippen LogP contribution is 2.28. The molecule has 2 aromatic carbocycles. The lowest BCUT2D eigenvalue weighted by Gasteiger charge is -2.21. The van der Waals surface area contributed by atoms with Crippen LogP contribution in [0.5, 0.6) is 0 Å². The van der Waals surface area contributed by atoms with Gasteiger partial charge in [0.25, 0.3) is 0 Å². The summed E-state index contributed by atoms with van der Waals surface area (Å²) in [5.41, 5.74) is 7.50. The zero-order chi connectivity index (χ0) is 14.0. The van der Waals surface area contributed by atoms with Gasteiger partial charge in [0.05, 0.1) is 6.04 Å². The lowest BCUT2D eigenvalue weighted by molar-refractivity contribution is 0.558. The van der Waals surface area contributed by atoms with Crippen molar-refractivity contribution in [2.75, 3.05) is 0 Å². The second-order valence-corrected chi connectivity index (χ2v) is 4.91. The van der Waals surface area contributed by atoms with Gasteiger partial charge in [0.2, 0.25) is 0 Å². The molecule has 0 heterocycles. The van der Waals surface area contributed by atoms with Crippen LogP contribution in [-0.4, -0.2) is 0 Å². The van der Waals surface area contributed by atoms with E-state index in [-0.39, 0.29) is 11.9 Å². The van der Waals surface area contributed by atoms with Gasteiger partial charge in [0.15, 0.2) is 0 Å². The topological polar surface area (TPSA) is 38.0 Å². The summed E-state index contributed by atoms with van der Waals surface area (Å²) < 4.78 is 14.1. The smallest absolute Gasteiger partial charge is 0.128 e. The van der Waals surface area contributed by atoms with E-state index in [0.717, 1.165) is 16.7 Å². The molecule has 0 aliphatic rings. The molecule has 0 aliphatic carbocycles. The monoisotopic (exact) mass is 258 g/mol. The SMILES string of the molecule is Cc1ccc(C(NN)c2cccc(C)c2C)c(F)c1. The Bertz CT molecular complexity index is 593. The summed E-state index contributed by atoms with van der Waals surface area (Å²) in [6.07, 6.45) is 0. The normalized spacial score (nSPS) is 12.5. The first-order valence-electron chi connectivity index (χ1n) is 6.33. The maximum Gasteiger partial charge on any atom is 0.128 e. The van der Waals surface area contributed by atoms with Crippen LogP contribution in [0.3, 0.4) is 0 Å². The molecule has 0 saturated heterocycles. The molecule has 2 aromatic rings. The number of hydrazine groups is 1. The zero-order valence-electron chi connectivity index (χ0n) is 11.5. The summed E-state index contributed by atoms with van der Waals surface area (Å²) in [4.78, 5) is 0. The van der Waals surface area contributed by atoms with Crippen LogP contribution in [-0.2, 0) is 0 Å². The zero-order valence-corrected chi connectivity index (χ0v) is 11.5. The molecular weight excluding hydrogens is 239 g/mol. The maximum absolute atomic E-state index is 14.1. The molecule has 3 heteroatoms. The van der Waals surface area contributed by atoms with Crippen LogP contribution in [0.1, 0.15) is 33.9 Å². The number of nitrogens with two attached hydrogens (primary N) is 1. The van der Waals surface area contributed by atoms with Gasteiger partial charge in [-0.05, 0) is 49.1 Å². The third-order valence-corrected chi connectivity index (χ3v) is 3.59. The molecule has 0 saturated carbocycles. The predicted molar refractivity (Wildman–Crippen MR) is 76.2 cm³/mol. The van der Waals surface area contributed by atoms with Gasteiger partial charge in [-0.25, -0.2) is 9.82 Å². The fraction of sp³-hybridized carbons (Fsp3) is 0.250. The molecule has 3 N–H and O–H groups in total. The number of aryl methyl sites for hydroxylation is 2. The van der Waals surface area contributed by atoms with Crippen LogP contribution < -0.4 is 11.3 Å². The van der Waals surface area contributed by atoms with Crippen molar-refractivity contribution < 1.29 is 4.39 Å². The molecule has 0 amide bonds. The van der Waals surface area contributed by atoms with Crippen molar-refractivity contribution >= 4 is 0 Å². The minimum Gasteiger partial charge on any atom is -0.271 e. The maximum atomic E-state index is 14.1. The molecule has 1 unspecified atom stereocenters. The Morgan fingerprint density at radius 2 is 1.79 bits per heavy atom. The van der Waals surface area contributed by atoms with Gasteiger partial charge in [-0.1, -0.05) is 30.3 Å². The number of hydrogen-bond acceptors (Lipinski definition) is 2. The Hall–Kier alpha value is -1.71. The van der Waals surface area contributed by atoms with E-state index in [2.05, 4.69) is 5.43 Å². The number of hydrogen-bond donors (Lipinski definition) is 2. The minimum absolute atomic E-state index is 0.233. The molecule has 2 rings (SSSR count). The molecule has 0 bridgehead atoms. The first-order valence-corrected chi connectivity index (χ1v) is 6.33. The molecule has 1 atom stereocenters.